The van der Waals surface area contributed by atoms with Crippen molar-refractivity contribution < 1.29 is 19.2 Å². The Bertz CT molecular complexity index is 711. The highest BCUT2D eigenvalue weighted by atomic mass is 16.6. The lowest BCUT2D eigenvalue weighted by Crippen LogP contribution is -2.46. The summed E-state index contributed by atoms with van der Waals surface area (Å²) >= 11 is 0. The quantitative estimate of drug-likeness (QED) is 0.369. The number of amides is 2. The number of urea groups is 1. The van der Waals surface area contributed by atoms with Crippen molar-refractivity contribution in [2.45, 2.75) is 32.7 Å². The number of unbranched alkanes of at least 4 members (excludes halogenated alkanes) is 1. The van der Waals surface area contributed by atoms with Crippen LogP contribution < -0.4 is 5.32 Å². The molecule has 1 aromatic carbocycles. The Hall–Kier alpha value is -2.90. The molecule has 1 heterocycles. The van der Waals surface area contributed by atoms with Crippen LogP contribution in [-0.4, -0.2) is 35.5 Å². The van der Waals surface area contributed by atoms with Gasteiger partial charge in [-0.3, -0.25) is 10.1 Å². The van der Waals surface area contributed by atoms with Gasteiger partial charge in [0.25, 0.3) is 5.69 Å². The van der Waals surface area contributed by atoms with E-state index in [1.165, 1.54) is 29.2 Å². The highest BCUT2D eigenvalue weighted by Gasteiger charge is 2.35. The zero-order chi connectivity index (χ0) is 18.6. The lowest BCUT2D eigenvalue weighted by atomic mass is 9.95. The third kappa shape index (κ3) is 3.96. The summed E-state index contributed by atoms with van der Waals surface area (Å²) in [5.74, 6) is -0.499. The van der Waals surface area contributed by atoms with E-state index < -0.39 is 16.9 Å². The second-order valence-corrected chi connectivity index (χ2v) is 5.78. The normalized spacial score (nSPS) is 17.3. The largest absolute Gasteiger partial charge is 0.462 e. The predicted octanol–water partition coefficient (Wildman–Crippen LogP) is 2.91. The molecule has 2 amide bonds. The molecule has 0 saturated carbocycles. The van der Waals surface area contributed by atoms with E-state index in [1.54, 1.807) is 14.0 Å². The van der Waals surface area contributed by atoms with E-state index in [4.69, 9.17) is 4.74 Å². The van der Waals surface area contributed by atoms with Gasteiger partial charge in [-0.25, -0.2) is 9.59 Å². The summed E-state index contributed by atoms with van der Waals surface area (Å²) < 4.78 is 5.31. The van der Waals surface area contributed by atoms with Gasteiger partial charge in [-0.2, -0.15) is 0 Å². The van der Waals surface area contributed by atoms with Gasteiger partial charge in [-0.05, 0) is 31.0 Å². The summed E-state index contributed by atoms with van der Waals surface area (Å²) in [6, 6.07) is 4.68. The number of carbonyl (C=O) groups excluding carboxylic acids is 2. The highest BCUT2D eigenvalue weighted by Crippen LogP contribution is 2.31. The lowest BCUT2D eigenvalue weighted by Gasteiger charge is -2.33. The van der Waals surface area contributed by atoms with Crippen molar-refractivity contribution in [2.24, 2.45) is 0 Å². The van der Waals surface area contributed by atoms with Crippen LogP contribution >= 0.6 is 0 Å². The van der Waals surface area contributed by atoms with E-state index in [1.807, 2.05) is 6.92 Å². The molecule has 1 aliphatic heterocycles. The number of esters is 1. The van der Waals surface area contributed by atoms with E-state index in [2.05, 4.69) is 5.32 Å². The van der Waals surface area contributed by atoms with Crippen molar-refractivity contribution in [3.63, 3.8) is 0 Å². The second kappa shape index (κ2) is 7.78. The summed E-state index contributed by atoms with van der Waals surface area (Å²) in [6.07, 6.45) is 1.65. The number of hydrogen-bond donors (Lipinski definition) is 1. The molecule has 8 nitrogen and oxygen atoms in total. The minimum atomic E-state index is -0.710. The fourth-order valence-electron chi connectivity index (χ4n) is 2.53. The number of ether oxygens (including phenoxy) is 1. The summed E-state index contributed by atoms with van der Waals surface area (Å²) in [6.45, 7) is 3.97. The van der Waals surface area contributed by atoms with Gasteiger partial charge in [0, 0.05) is 24.9 Å². The van der Waals surface area contributed by atoms with E-state index in [0.29, 0.717) is 23.4 Å². The molecule has 0 spiro atoms. The van der Waals surface area contributed by atoms with E-state index >= 15 is 0 Å². The van der Waals surface area contributed by atoms with Crippen LogP contribution in [0.15, 0.2) is 35.5 Å². The molecular weight excluding hydrogens is 326 g/mol. The summed E-state index contributed by atoms with van der Waals surface area (Å²) in [7, 11) is 1.57. The van der Waals surface area contributed by atoms with Crippen LogP contribution in [0.4, 0.5) is 10.5 Å². The number of nitrogens with one attached hydrogen (secondary N) is 1. The Balaban J connectivity index is 2.37. The van der Waals surface area contributed by atoms with Crippen molar-refractivity contribution in [1.29, 1.82) is 0 Å². The molecule has 0 bridgehead atoms. The average Bonchev–Trinajstić information content (AvgIpc) is 2.59. The number of non-ortho nitro benzene ring substituents is 1. The number of nitrogens with zero attached hydrogens (tertiary/aromatic N) is 2. The smallest absolute Gasteiger partial charge is 0.338 e. The van der Waals surface area contributed by atoms with Gasteiger partial charge in [-0.15, -0.1) is 0 Å². The van der Waals surface area contributed by atoms with Crippen LogP contribution in [0, 0.1) is 10.1 Å². The molecule has 1 aromatic rings. The maximum absolute atomic E-state index is 12.5. The summed E-state index contributed by atoms with van der Waals surface area (Å²) in [5.41, 5.74) is 1.34. The molecule has 1 atom stereocenters. The van der Waals surface area contributed by atoms with Crippen molar-refractivity contribution in [2.75, 3.05) is 13.7 Å². The zero-order valence-corrected chi connectivity index (χ0v) is 14.4. The van der Waals surface area contributed by atoms with Crippen molar-refractivity contribution in [1.82, 2.24) is 10.2 Å². The first-order valence-corrected chi connectivity index (χ1v) is 8.03. The molecule has 1 aliphatic rings. The zero-order valence-electron chi connectivity index (χ0n) is 14.4. The Morgan fingerprint density at radius 3 is 2.56 bits per heavy atom. The molecule has 1 N–H and O–H groups in total. The van der Waals surface area contributed by atoms with Crippen molar-refractivity contribution in [3.8, 4) is 0 Å². The number of carbonyl (C=O) groups is 2. The molecule has 0 aromatic heterocycles. The van der Waals surface area contributed by atoms with Gasteiger partial charge < -0.3 is 15.0 Å². The molecule has 8 heteroatoms. The first kappa shape index (κ1) is 18.4. The maximum Gasteiger partial charge on any atom is 0.338 e. The van der Waals surface area contributed by atoms with Crippen LogP contribution in [0.1, 0.15) is 38.3 Å². The fourth-order valence-corrected chi connectivity index (χ4v) is 2.53. The standard InChI is InChI=1S/C17H21N3O5/c1-4-5-10-25-16(21)14-11(2)19(3)17(22)18-15(14)12-6-8-13(9-7-12)20(23)24/h6-9,15H,4-5,10H2,1-3H3,(H,18,22)/t15-/m1/s1. The van der Waals surface area contributed by atoms with E-state index in [0.717, 1.165) is 12.8 Å². The molecule has 0 radical (unpaired) electrons. The number of hydrogen-bond acceptors (Lipinski definition) is 5. The average molecular weight is 347 g/mol. The number of nitro benzene ring substituents is 1. The van der Waals surface area contributed by atoms with Crippen molar-refractivity contribution in [3.05, 3.63) is 51.2 Å². The van der Waals surface area contributed by atoms with Crippen LogP contribution in [-0.2, 0) is 9.53 Å². The molecule has 0 unspecified atom stereocenters. The number of nitro groups is 1. The van der Waals surface area contributed by atoms with Gasteiger partial charge in [0.1, 0.15) is 0 Å². The molecular formula is C17H21N3O5. The first-order chi connectivity index (χ1) is 11.9. The Morgan fingerprint density at radius 1 is 1.36 bits per heavy atom. The van der Waals surface area contributed by atoms with Gasteiger partial charge >= 0.3 is 12.0 Å². The first-order valence-electron chi connectivity index (χ1n) is 8.03. The Kier molecular flexibility index (Phi) is 5.74. The third-order valence-corrected chi connectivity index (χ3v) is 4.14. The minimum Gasteiger partial charge on any atom is -0.462 e. The van der Waals surface area contributed by atoms with Gasteiger partial charge in [-0.1, -0.05) is 13.3 Å². The Morgan fingerprint density at radius 2 is 2.00 bits per heavy atom. The minimum absolute atomic E-state index is 0.0595. The number of benzene rings is 1. The summed E-state index contributed by atoms with van der Waals surface area (Å²) in [5, 5.41) is 13.5. The summed E-state index contributed by atoms with van der Waals surface area (Å²) in [4.78, 5) is 36.3. The van der Waals surface area contributed by atoms with Gasteiger partial charge in [0.05, 0.1) is 23.1 Å². The van der Waals surface area contributed by atoms with Crippen molar-refractivity contribution >= 4 is 17.7 Å². The monoisotopic (exact) mass is 347 g/mol. The topological polar surface area (TPSA) is 102 Å². The predicted molar refractivity (Wildman–Crippen MR) is 90.7 cm³/mol. The van der Waals surface area contributed by atoms with Crippen LogP contribution in [0.5, 0.6) is 0 Å². The fraction of sp³-hybridized carbons (Fsp3) is 0.412. The molecule has 2 rings (SSSR count). The van der Waals surface area contributed by atoms with Gasteiger partial charge in [0.15, 0.2) is 0 Å². The van der Waals surface area contributed by atoms with Crippen LogP contribution in [0.2, 0.25) is 0 Å². The van der Waals surface area contributed by atoms with Gasteiger partial charge in [0.2, 0.25) is 0 Å². The SMILES string of the molecule is CCCCOC(=O)C1=C(C)N(C)C(=O)N[C@@H]1c1ccc([N+](=O)[O-])cc1. The lowest BCUT2D eigenvalue weighted by molar-refractivity contribution is -0.384. The number of allylic oxidation sites excluding steroid dienone is 1. The molecule has 0 aliphatic carbocycles. The Labute approximate surface area is 145 Å². The molecule has 0 saturated heterocycles. The molecule has 25 heavy (non-hydrogen) atoms. The molecule has 0 fully saturated rings. The van der Waals surface area contributed by atoms with Crippen LogP contribution in [0.25, 0.3) is 0 Å². The number of rotatable bonds is 6. The maximum atomic E-state index is 12.5. The van der Waals surface area contributed by atoms with Crippen LogP contribution in [0.3, 0.4) is 0 Å². The van der Waals surface area contributed by atoms with E-state index in [9.17, 15) is 19.7 Å². The highest BCUT2D eigenvalue weighted by molar-refractivity contribution is 5.95. The molecule has 134 valence electrons. The van der Waals surface area contributed by atoms with E-state index in [-0.39, 0.29) is 11.7 Å². The second-order valence-electron chi connectivity index (χ2n) is 5.78. The third-order valence-electron chi connectivity index (χ3n) is 4.14.